The lowest BCUT2D eigenvalue weighted by molar-refractivity contribution is -0.126. The van der Waals surface area contributed by atoms with Gasteiger partial charge in [-0.15, -0.1) is 11.3 Å². The normalized spacial score (nSPS) is 14.3. The number of carbonyl (C=O) groups is 2. The van der Waals surface area contributed by atoms with Crippen LogP contribution in [-0.4, -0.2) is 66.6 Å². The second-order valence-corrected chi connectivity index (χ2v) is 12.4. The minimum Gasteiger partial charge on any atom is -0.495 e. The molecule has 0 spiro atoms. The quantitative estimate of drug-likeness (QED) is 0.229. The third kappa shape index (κ3) is 6.94. The van der Waals surface area contributed by atoms with Crippen LogP contribution in [0.4, 0.5) is 0 Å². The first-order valence-corrected chi connectivity index (χ1v) is 16.6. The predicted octanol–water partition coefficient (Wildman–Crippen LogP) is 4.13. The van der Waals surface area contributed by atoms with Crippen LogP contribution in [0.3, 0.4) is 0 Å². The number of hydrogen-bond donors (Lipinski definition) is 0. The molecule has 0 atom stereocenters. The van der Waals surface area contributed by atoms with Crippen molar-refractivity contribution in [2.75, 3.05) is 40.4 Å². The molecule has 5 aromatic rings. The van der Waals surface area contributed by atoms with Crippen LogP contribution in [0.2, 0.25) is 0 Å². The summed E-state index contributed by atoms with van der Waals surface area (Å²) in [6.45, 7) is 2.03. The van der Waals surface area contributed by atoms with Crippen molar-refractivity contribution in [3.63, 3.8) is 0 Å². The highest BCUT2D eigenvalue weighted by molar-refractivity contribution is 7.07. The average molecular weight is 671 g/mol. The second kappa shape index (κ2) is 15.0. The molecule has 1 fully saturated rings. The summed E-state index contributed by atoms with van der Waals surface area (Å²) < 4.78 is 12.3. The number of aromatic nitrogens is 1. The van der Waals surface area contributed by atoms with Crippen LogP contribution in [0.15, 0.2) is 114 Å². The number of para-hydroxylation sites is 2. The molecule has 2 heterocycles. The number of esters is 1. The highest BCUT2D eigenvalue weighted by atomic mass is 32.1. The van der Waals surface area contributed by atoms with Gasteiger partial charge in [0, 0.05) is 26.2 Å². The second-order valence-electron chi connectivity index (χ2n) is 11.4. The number of rotatable bonds is 8. The number of methoxy groups -OCH3 is 2. The molecule has 1 saturated heterocycles. The van der Waals surface area contributed by atoms with Crippen LogP contribution in [0, 0.1) is 11.3 Å². The Morgan fingerprint density at radius 3 is 1.98 bits per heavy atom. The van der Waals surface area contributed by atoms with E-state index in [0.717, 1.165) is 11.3 Å². The zero-order chi connectivity index (χ0) is 34.3. The minimum absolute atomic E-state index is 0.0203. The van der Waals surface area contributed by atoms with Crippen LogP contribution in [-0.2, 0) is 9.53 Å². The maximum Gasteiger partial charge on any atom is 0.337 e. The Labute approximate surface area is 287 Å². The summed E-state index contributed by atoms with van der Waals surface area (Å²) >= 11 is 1.07. The summed E-state index contributed by atoms with van der Waals surface area (Å²) in [4.78, 5) is 44.2. The van der Waals surface area contributed by atoms with Crippen molar-refractivity contribution in [2.45, 2.75) is 6.04 Å². The van der Waals surface area contributed by atoms with Gasteiger partial charge in [0.05, 0.1) is 36.0 Å². The standard InChI is InChI=1S/C39H34N4O5S/c1-47-33-16-10-9-15-32(33)43-37(45)34(25-27-17-19-30(20-18-27)39(46)48-2)49-38(43)31(26-40)36(44)42-23-21-41(22-24-42)35(28-11-5-3-6-12-28)29-13-7-4-8-14-29/h3-20,25,35H,21-24H2,1-2H3/b34-25+,38-31-. The third-order valence-corrected chi connectivity index (χ3v) is 9.61. The largest absolute Gasteiger partial charge is 0.495 e. The number of thiazole rings is 1. The molecular weight excluding hydrogens is 637 g/mol. The highest BCUT2D eigenvalue weighted by Crippen LogP contribution is 2.29. The van der Waals surface area contributed by atoms with E-state index in [-0.39, 0.29) is 16.3 Å². The van der Waals surface area contributed by atoms with Crippen molar-refractivity contribution >= 4 is 34.9 Å². The van der Waals surface area contributed by atoms with Crippen LogP contribution >= 0.6 is 11.3 Å². The Kier molecular flexibility index (Phi) is 10.1. The van der Waals surface area contributed by atoms with E-state index in [4.69, 9.17) is 9.47 Å². The number of nitrogens with zero attached hydrogens (tertiary/aromatic N) is 4. The maximum absolute atomic E-state index is 14.1. The van der Waals surface area contributed by atoms with Gasteiger partial charge in [-0.05, 0) is 47.0 Å². The fourth-order valence-corrected chi connectivity index (χ4v) is 7.17. The van der Waals surface area contributed by atoms with Crippen molar-refractivity contribution in [1.29, 1.82) is 5.26 Å². The zero-order valence-corrected chi connectivity index (χ0v) is 27.9. The first-order chi connectivity index (χ1) is 23.9. The molecule has 4 aromatic carbocycles. The lowest BCUT2D eigenvalue weighted by atomic mass is 9.96. The molecule has 6 rings (SSSR count). The van der Waals surface area contributed by atoms with Crippen LogP contribution < -0.4 is 19.5 Å². The van der Waals surface area contributed by atoms with Gasteiger partial charge < -0.3 is 14.4 Å². The molecule has 1 aliphatic rings. The molecule has 1 aromatic heterocycles. The number of amides is 1. The Morgan fingerprint density at radius 2 is 1.41 bits per heavy atom. The molecule has 0 unspecified atom stereocenters. The summed E-state index contributed by atoms with van der Waals surface area (Å²) in [6.07, 6.45) is 1.68. The summed E-state index contributed by atoms with van der Waals surface area (Å²) in [5, 5.41) is 10.5. The fourth-order valence-electron chi connectivity index (χ4n) is 6.08. The molecule has 10 heteroatoms. The van der Waals surface area contributed by atoms with Crippen LogP contribution in [0.25, 0.3) is 17.3 Å². The lowest BCUT2D eigenvalue weighted by Crippen LogP contribution is -2.50. The zero-order valence-electron chi connectivity index (χ0n) is 27.1. The van der Waals surface area contributed by atoms with Crippen molar-refractivity contribution in [2.24, 2.45) is 0 Å². The summed E-state index contributed by atoms with van der Waals surface area (Å²) in [5.41, 5.74) is 3.27. The number of carbonyl (C=O) groups excluding carboxylic acids is 2. The van der Waals surface area contributed by atoms with Crippen molar-refractivity contribution in [1.82, 2.24) is 14.4 Å². The molecule has 1 aliphatic heterocycles. The summed E-state index contributed by atoms with van der Waals surface area (Å²) in [5.74, 6) is -0.479. The lowest BCUT2D eigenvalue weighted by Gasteiger charge is -2.39. The minimum atomic E-state index is -0.466. The van der Waals surface area contributed by atoms with Gasteiger partial charge >= 0.3 is 5.97 Å². The van der Waals surface area contributed by atoms with Gasteiger partial charge in [-0.3, -0.25) is 19.1 Å². The molecule has 0 bridgehead atoms. The van der Waals surface area contributed by atoms with Gasteiger partial charge in [-0.25, -0.2) is 4.79 Å². The number of benzene rings is 4. The van der Waals surface area contributed by atoms with E-state index < -0.39 is 17.4 Å². The Hall–Kier alpha value is -5.76. The van der Waals surface area contributed by atoms with Gasteiger partial charge in [-0.1, -0.05) is 84.9 Å². The van der Waals surface area contributed by atoms with Gasteiger partial charge in [0.1, 0.15) is 16.5 Å². The first kappa shape index (κ1) is 33.2. The van der Waals surface area contributed by atoms with Gasteiger partial charge in [-0.2, -0.15) is 5.26 Å². The van der Waals surface area contributed by atoms with E-state index in [1.165, 1.54) is 29.9 Å². The number of ether oxygens (including phenoxy) is 2. The average Bonchev–Trinajstić information content (AvgIpc) is 3.47. The molecule has 246 valence electrons. The smallest absolute Gasteiger partial charge is 0.337 e. The number of piperazine rings is 1. The molecule has 1 amide bonds. The van der Waals surface area contributed by atoms with E-state index in [2.05, 4.69) is 35.2 Å². The number of nitriles is 1. The molecule has 0 aliphatic carbocycles. The Morgan fingerprint density at radius 1 is 0.816 bits per heavy atom. The Balaban J connectivity index is 1.38. The van der Waals surface area contributed by atoms with Crippen LogP contribution in [0.5, 0.6) is 5.75 Å². The molecular formula is C39H34N4O5S. The summed E-state index contributed by atoms with van der Waals surface area (Å²) in [7, 11) is 2.82. The maximum atomic E-state index is 14.1. The van der Waals surface area contributed by atoms with E-state index in [9.17, 15) is 19.6 Å². The van der Waals surface area contributed by atoms with E-state index >= 15 is 0 Å². The predicted molar refractivity (Wildman–Crippen MR) is 189 cm³/mol. The van der Waals surface area contributed by atoms with Gasteiger partial charge in [0.15, 0.2) is 5.57 Å². The van der Waals surface area contributed by atoms with Crippen molar-refractivity contribution < 1.29 is 19.1 Å². The monoisotopic (exact) mass is 670 g/mol. The molecule has 0 saturated carbocycles. The molecule has 49 heavy (non-hydrogen) atoms. The highest BCUT2D eigenvalue weighted by Gasteiger charge is 2.30. The fraction of sp³-hybridized carbons (Fsp3) is 0.179. The molecule has 0 radical (unpaired) electrons. The first-order valence-electron chi connectivity index (χ1n) is 15.8. The third-order valence-electron chi connectivity index (χ3n) is 8.52. The SMILES string of the molecule is COC(=O)c1ccc(/C=c2/s/c(=C(/C#N)C(=O)N3CCN(C(c4ccccc4)c4ccccc4)CC3)n(-c3ccccc3OC)c2=O)cc1. The van der Waals surface area contributed by atoms with Crippen molar-refractivity contribution in [3.8, 4) is 17.5 Å². The number of hydrogen-bond acceptors (Lipinski definition) is 8. The summed E-state index contributed by atoms with van der Waals surface area (Å²) in [6, 6.07) is 36.4. The van der Waals surface area contributed by atoms with E-state index in [1.54, 1.807) is 59.5 Å². The van der Waals surface area contributed by atoms with Gasteiger partial charge in [0.2, 0.25) is 0 Å². The van der Waals surface area contributed by atoms with Gasteiger partial charge in [0.25, 0.3) is 11.5 Å². The molecule has 9 nitrogen and oxygen atoms in total. The molecule has 0 N–H and O–H groups in total. The Bertz CT molecular complexity index is 2140. The van der Waals surface area contributed by atoms with Crippen LogP contribution in [0.1, 0.15) is 33.1 Å². The van der Waals surface area contributed by atoms with Crippen molar-refractivity contribution in [3.05, 3.63) is 151 Å². The topological polar surface area (TPSA) is 105 Å². The van der Waals surface area contributed by atoms with E-state index in [1.807, 2.05) is 36.4 Å². The van der Waals surface area contributed by atoms with E-state index in [0.29, 0.717) is 53.3 Å².